The van der Waals surface area contributed by atoms with Gasteiger partial charge in [-0.3, -0.25) is 14.5 Å². The van der Waals surface area contributed by atoms with Crippen molar-refractivity contribution in [1.29, 1.82) is 0 Å². The summed E-state index contributed by atoms with van der Waals surface area (Å²) >= 11 is 6.10. The summed E-state index contributed by atoms with van der Waals surface area (Å²) in [6.45, 7) is 3.77. The summed E-state index contributed by atoms with van der Waals surface area (Å²) in [6.07, 6.45) is 0. The van der Waals surface area contributed by atoms with E-state index in [9.17, 15) is 19.5 Å². The molecule has 172 valence electrons. The second kappa shape index (κ2) is 9.53. The normalized spacial score (nSPS) is 17.1. The first kappa shape index (κ1) is 23.3. The third-order valence-corrected chi connectivity index (χ3v) is 5.90. The predicted molar refractivity (Wildman–Crippen MR) is 130 cm³/mol. The van der Waals surface area contributed by atoms with Crippen molar-refractivity contribution < 1.29 is 24.2 Å². The molecule has 34 heavy (non-hydrogen) atoms. The molecule has 0 bridgehead atoms. The molecule has 1 saturated heterocycles. The average Bonchev–Trinajstić information content (AvgIpc) is 3.09. The highest BCUT2D eigenvalue weighted by Gasteiger charge is 2.47. The van der Waals surface area contributed by atoms with Crippen LogP contribution < -0.4 is 4.90 Å². The SMILES string of the molecule is CCOC(=O)c1cccc(N2C(=O)C(=O)/C(=C(/O)c3cccc(Cl)c3)C2c2ccccc2C)c1. The Morgan fingerprint density at radius 1 is 1.00 bits per heavy atom. The number of carbonyl (C=O) groups excluding carboxylic acids is 3. The molecule has 0 spiro atoms. The first-order valence-corrected chi connectivity index (χ1v) is 11.1. The van der Waals surface area contributed by atoms with Gasteiger partial charge in [0.05, 0.1) is 23.8 Å². The number of aliphatic hydroxyl groups is 1. The van der Waals surface area contributed by atoms with Gasteiger partial charge in [-0.1, -0.05) is 54.1 Å². The lowest BCUT2D eigenvalue weighted by atomic mass is 9.92. The summed E-state index contributed by atoms with van der Waals surface area (Å²) in [5.74, 6) is -2.49. The molecule has 4 rings (SSSR count). The van der Waals surface area contributed by atoms with Gasteiger partial charge in [0.2, 0.25) is 0 Å². The molecule has 1 fully saturated rings. The number of aryl methyl sites for hydroxylation is 1. The fourth-order valence-corrected chi connectivity index (χ4v) is 4.27. The standard InChI is InChI=1S/C27H22ClNO5/c1-3-34-27(33)18-10-7-12-20(15-18)29-23(21-13-5-4-8-16(21)2)22(25(31)26(29)32)24(30)17-9-6-11-19(28)14-17/h4-15,23,30H,3H2,1-2H3/b24-22+. The molecule has 6 nitrogen and oxygen atoms in total. The third kappa shape index (κ3) is 4.20. The molecule has 1 aliphatic rings. The Hall–Kier alpha value is -3.90. The number of ether oxygens (including phenoxy) is 1. The van der Waals surface area contributed by atoms with E-state index in [2.05, 4.69) is 0 Å². The van der Waals surface area contributed by atoms with E-state index in [0.29, 0.717) is 21.8 Å². The smallest absolute Gasteiger partial charge is 0.338 e. The van der Waals surface area contributed by atoms with Crippen molar-refractivity contribution in [3.8, 4) is 0 Å². The molecule has 3 aromatic rings. The number of benzene rings is 3. The minimum Gasteiger partial charge on any atom is -0.507 e. The zero-order valence-corrected chi connectivity index (χ0v) is 19.4. The van der Waals surface area contributed by atoms with Gasteiger partial charge in [0, 0.05) is 16.3 Å². The monoisotopic (exact) mass is 475 g/mol. The van der Waals surface area contributed by atoms with E-state index in [0.717, 1.165) is 5.56 Å². The van der Waals surface area contributed by atoms with Crippen LogP contribution in [0, 0.1) is 6.92 Å². The maximum absolute atomic E-state index is 13.3. The zero-order valence-electron chi connectivity index (χ0n) is 18.6. The lowest BCUT2D eigenvalue weighted by Crippen LogP contribution is -2.30. The summed E-state index contributed by atoms with van der Waals surface area (Å²) in [5, 5.41) is 11.6. The lowest BCUT2D eigenvalue weighted by Gasteiger charge is -2.27. The van der Waals surface area contributed by atoms with E-state index in [1.54, 1.807) is 55.5 Å². The van der Waals surface area contributed by atoms with Gasteiger partial charge < -0.3 is 9.84 Å². The summed E-state index contributed by atoms with van der Waals surface area (Å²) in [7, 11) is 0. The van der Waals surface area contributed by atoms with E-state index >= 15 is 0 Å². The van der Waals surface area contributed by atoms with E-state index in [-0.39, 0.29) is 23.5 Å². The Morgan fingerprint density at radius 2 is 1.71 bits per heavy atom. The molecule has 1 amide bonds. The van der Waals surface area contributed by atoms with Crippen molar-refractivity contribution >= 4 is 40.7 Å². The van der Waals surface area contributed by atoms with E-state index in [4.69, 9.17) is 16.3 Å². The molecule has 0 aliphatic carbocycles. The van der Waals surface area contributed by atoms with E-state index in [1.807, 2.05) is 19.1 Å². The van der Waals surface area contributed by atoms with Gasteiger partial charge in [-0.2, -0.15) is 0 Å². The Kier molecular flexibility index (Phi) is 6.52. The highest BCUT2D eigenvalue weighted by molar-refractivity contribution is 6.51. The Balaban J connectivity index is 1.94. The molecule has 0 saturated carbocycles. The first-order chi connectivity index (χ1) is 16.3. The van der Waals surface area contributed by atoms with Crippen molar-refractivity contribution in [1.82, 2.24) is 0 Å². The molecular formula is C27H22ClNO5. The molecule has 1 N–H and O–H groups in total. The van der Waals surface area contributed by atoms with E-state index in [1.165, 1.54) is 17.0 Å². The van der Waals surface area contributed by atoms with Gasteiger partial charge >= 0.3 is 5.97 Å². The molecule has 1 heterocycles. The van der Waals surface area contributed by atoms with Crippen molar-refractivity contribution in [2.75, 3.05) is 11.5 Å². The number of hydrogen-bond donors (Lipinski definition) is 1. The minimum absolute atomic E-state index is 0.0527. The second-order valence-electron chi connectivity index (χ2n) is 7.81. The quantitative estimate of drug-likeness (QED) is 0.229. The Bertz CT molecular complexity index is 1330. The van der Waals surface area contributed by atoms with Crippen LogP contribution in [0.3, 0.4) is 0 Å². The number of nitrogens with zero attached hydrogens (tertiary/aromatic N) is 1. The fraction of sp³-hybridized carbons (Fsp3) is 0.148. The van der Waals surface area contributed by atoms with Gasteiger partial charge in [0.25, 0.3) is 11.7 Å². The van der Waals surface area contributed by atoms with Gasteiger partial charge in [0.15, 0.2) is 0 Å². The number of anilines is 1. The maximum Gasteiger partial charge on any atom is 0.338 e. The fourth-order valence-electron chi connectivity index (χ4n) is 4.08. The van der Waals surface area contributed by atoms with Crippen LogP contribution in [-0.4, -0.2) is 29.4 Å². The number of halogens is 1. The van der Waals surface area contributed by atoms with Crippen LogP contribution in [0.1, 0.15) is 40.0 Å². The molecule has 3 aromatic carbocycles. The molecule has 1 atom stereocenters. The highest BCUT2D eigenvalue weighted by atomic mass is 35.5. The topological polar surface area (TPSA) is 83.9 Å². The number of Topliss-reactive ketones (excluding diaryl/α,β-unsaturated/α-hetero) is 1. The predicted octanol–water partition coefficient (Wildman–Crippen LogP) is 5.45. The average molecular weight is 476 g/mol. The number of rotatable bonds is 5. The Labute approximate surface area is 202 Å². The van der Waals surface area contributed by atoms with Crippen molar-refractivity contribution in [2.45, 2.75) is 19.9 Å². The van der Waals surface area contributed by atoms with Crippen molar-refractivity contribution in [2.24, 2.45) is 0 Å². The first-order valence-electron chi connectivity index (χ1n) is 10.7. The second-order valence-corrected chi connectivity index (χ2v) is 8.24. The van der Waals surface area contributed by atoms with Gasteiger partial charge in [-0.15, -0.1) is 0 Å². The van der Waals surface area contributed by atoms with Crippen LogP contribution in [-0.2, 0) is 14.3 Å². The van der Waals surface area contributed by atoms with Crippen LogP contribution in [0.4, 0.5) is 5.69 Å². The summed E-state index contributed by atoms with van der Waals surface area (Å²) in [6, 6.07) is 19.2. The van der Waals surface area contributed by atoms with Crippen LogP contribution in [0.15, 0.2) is 78.4 Å². The van der Waals surface area contributed by atoms with Gasteiger partial charge in [-0.05, 0) is 55.3 Å². The number of ketones is 1. The van der Waals surface area contributed by atoms with Gasteiger partial charge in [0.1, 0.15) is 5.76 Å². The van der Waals surface area contributed by atoms with Gasteiger partial charge in [-0.25, -0.2) is 4.79 Å². The van der Waals surface area contributed by atoms with Crippen molar-refractivity contribution in [3.63, 3.8) is 0 Å². The van der Waals surface area contributed by atoms with Crippen LogP contribution >= 0.6 is 11.6 Å². The molecule has 0 aromatic heterocycles. The zero-order chi connectivity index (χ0) is 24.4. The summed E-state index contributed by atoms with van der Waals surface area (Å²) in [4.78, 5) is 40.2. The Morgan fingerprint density at radius 3 is 2.41 bits per heavy atom. The number of carbonyl (C=O) groups is 3. The molecular weight excluding hydrogens is 454 g/mol. The number of esters is 1. The third-order valence-electron chi connectivity index (χ3n) is 5.66. The molecule has 1 unspecified atom stereocenters. The number of amides is 1. The minimum atomic E-state index is -0.905. The summed E-state index contributed by atoms with van der Waals surface area (Å²) < 4.78 is 5.08. The maximum atomic E-state index is 13.3. The van der Waals surface area contributed by atoms with Crippen LogP contribution in [0.5, 0.6) is 0 Å². The molecule has 7 heteroatoms. The molecule has 0 radical (unpaired) electrons. The highest BCUT2D eigenvalue weighted by Crippen LogP contribution is 2.43. The van der Waals surface area contributed by atoms with Crippen LogP contribution in [0.25, 0.3) is 5.76 Å². The van der Waals surface area contributed by atoms with Crippen LogP contribution in [0.2, 0.25) is 5.02 Å². The number of hydrogen-bond acceptors (Lipinski definition) is 5. The molecule has 1 aliphatic heterocycles. The summed E-state index contributed by atoms with van der Waals surface area (Å²) in [5.41, 5.74) is 2.36. The largest absolute Gasteiger partial charge is 0.507 e. The van der Waals surface area contributed by atoms with E-state index < -0.39 is 23.7 Å². The van der Waals surface area contributed by atoms with Crippen molar-refractivity contribution in [3.05, 3.63) is 106 Å². The number of aliphatic hydroxyl groups excluding tert-OH is 1. The lowest BCUT2D eigenvalue weighted by molar-refractivity contribution is -0.132.